The second kappa shape index (κ2) is 8.99. The van der Waals surface area contributed by atoms with Gasteiger partial charge in [-0.05, 0) is 24.6 Å². The number of nitrogen functional groups attached to an aromatic ring is 1. The van der Waals surface area contributed by atoms with Crippen LogP contribution in [0.15, 0.2) is 54.6 Å². The van der Waals surface area contributed by atoms with Crippen LogP contribution in [-0.4, -0.2) is 27.0 Å². The highest BCUT2D eigenvalue weighted by Gasteiger charge is 2.25. The van der Waals surface area contributed by atoms with Crippen molar-refractivity contribution in [1.82, 2.24) is 19.9 Å². The van der Waals surface area contributed by atoms with Gasteiger partial charge in [-0.25, -0.2) is 9.97 Å². The molecular weight excluding hydrogens is 398 g/mol. The number of benzene rings is 2. The molecule has 166 valence electrons. The van der Waals surface area contributed by atoms with E-state index in [1.165, 1.54) is 0 Å². The first-order chi connectivity index (χ1) is 15.4. The van der Waals surface area contributed by atoms with Crippen molar-refractivity contribution < 1.29 is 4.79 Å². The monoisotopic (exact) mass is 429 g/mol. The minimum atomic E-state index is -0.196. The number of pyridine rings is 1. The van der Waals surface area contributed by atoms with Gasteiger partial charge in [0.1, 0.15) is 11.3 Å². The summed E-state index contributed by atoms with van der Waals surface area (Å²) in [5.41, 5.74) is 9.45. The molecule has 4 aromatic rings. The Bertz CT molecular complexity index is 1240. The van der Waals surface area contributed by atoms with E-state index >= 15 is 0 Å². The largest absolute Gasteiger partial charge is 0.382 e. The predicted molar refractivity (Wildman–Crippen MR) is 131 cm³/mol. The maximum absolute atomic E-state index is 12.6. The van der Waals surface area contributed by atoms with Gasteiger partial charge in [0.05, 0.1) is 11.0 Å². The lowest BCUT2D eigenvalue weighted by molar-refractivity contribution is 0.0932. The Labute approximate surface area is 188 Å². The maximum Gasteiger partial charge on any atom is 0.251 e. The molecule has 32 heavy (non-hydrogen) atoms. The first-order valence-electron chi connectivity index (χ1n) is 11.3. The maximum atomic E-state index is 12.6. The normalized spacial score (nSPS) is 11.8. The number of para-hydroxylation sites is 1. The summed E-state index contributed by atoms with van der Waals surface area (Å²) in [6, 6.07) is 17.4. The predicted octanol–water partition coefficient (Wildman–Crippen LogP) is 4.97. The Morgan fingerprint density at radius 2 is 1.78 bits per heavy atom. The van der Waals surface area contributed by atoms with Crippen molar-refractivity contribution in [2.45, 2.75) is 46.6 Å². The molecule has 4 rings (SSSR count). The molecule has 0 radical (unpaired) electrons. The standard InChI is InChI=1S/C26H31N5O/c1-4-5-15-21-30-22-23(19-13-9-10-14-20(19)29-24(22)27)31(21)17-26(2,3)16-28-25(32)18-11-7-6-8-12-18/h6-14H,4-5,15-17H2,1-3H3,(H2,27,29)(H,28,32). The quantitative estimate of drug-likeness (QED) is 0.414. The summed E-state index contributed by atoms with van der Waals surface area (Å²) in [4.78, 5) is 22.1. The smallest absolute Gasteiger partial charge is 0.251 e. The Kier molecular flexibility index (Phi) is 6.12. The summed E-state index contributed by atoms with van der Waals surface area (Å²) in [5.74, 6) is 1.43. The van der Waals surface area contributed by atoms with Crippen molar-refractivity contribution in [3.05, 3.63) is 66.0 Å². The highest BCUT2D eigenvalue weighted by molar-refractivity contribution is 6.06. The van der Waals surface area contributed by atoms with Gasteiger partial charge in [0.15, 0.2) is 5.82 Å². The molecule has 6 nitrogen and oxygen atoms in total. The number of anilines is 1. The topological polar surface area (TPSA) is 85.8 Å². The molecule has 0 unspecified atom stereocenters. The van der Waals surface area contributed by atoms with Crippen molar-refractivity contribution >= 4 is 33.7 Å². The third kappa shape index (κ3) is 4.44. The summed E-state index contributed by atoms with van der Waals surface area (Å²) >= 11 is 0. The first kappa shape index (κ1) is 21.8. The Morgan fingerprint density at radius 3 is 2.53 bits per heavy atom. The van der Waals surface area contributed by atoms with Gasteiger partial charge in [0.25, 0.3) is 5.91 Å². The van der Waals surface area contributed by atoms with Crippen LogP contribution in [0.2, 0.25) is 0 Å². The molecule has 2 aromatic heterocycles. The summed E-state index contributed by atoms with van der Waals surface area (Å²) < 4.78 is 2.29. The van der Waals surface area contributed by atoms with E-state index < -0.39 is 0 Å². The lowest BCUT2D eigenvalue weighted by Crippen LogP contribution is -2.36. The molecule has 2 heterocycles. The summed E-state index contributed by atoms with van der Waals surface area (Å²) in [6.07, 6.45) is 3.03. The van der Waals surface area contributed by atoms with Crippen LogP contribution in [0.1, 0.15) is 49.8 Å². The number of amides is 1. The van der Waals surface area contributed by atoms with E-state index in [0.29, 0.717) is 24.5 Å². The molecule has 6 heteroatoms. The molecule has 0 atom stereocenters. The number of fused-ring (bicyclic) bond motifs is 3. The van der Waals surface area contributed by atoms with E-state index in [-0.39, 0.29) is 11.3 Å². The molecule has 0 aliphatic rings. The molecule has 0 spiro atoms. The van der Waals surface area contributed by atoms with Crippen LogP contribution in [-0.2, 0) is 13.0 Å². The van der Waals surface area contributed by atoms with Crippen molar-refractivity contribution in [2.24, 2.45) is 5.41 Å². The fourth-order valence-corrected chi connectivity index (χ4v) is 4.10. The second-order valence-corrected chi connectivity index (χ2v) is 9.14. The number of unbranched alkanes of at least 4 members (excludes halogenated alkanes) is 1. The zero-order chi connectivity index (χ0) is 22.7. The molecule has 0 bridgehead atoms. The van der Waals surface area contributed by atoms with Crippen LogP contribution in [0.25, 0.3) is 21.9 Å². The Morgan fingerprint density at radius 1 is 1.06 bits per heavy atom. The van der Waals surface area contributed by atoms with Crippen molar-refractivity contribution in [1.29, 1.82) is 0 Å². The number of carbonyl (C=O) groups is 1. The van der Waals surface area contributed by atoms with Gasteiger partial charge in [0, 0.05) is 35.9 Å². The SMILES string of the molecule is CCCCc1nc2c(N)nc3ccccc3c2n1CC(C)(C)CNC(=O)c1ccccc1. The Balaban J connectivity index is 1.69. The average molecular weight is 430 g/mol. The van der Waals surface area contributed by atoms with Crippen molar-refractivity contribution in [3.63, 3.8) is 0 Å². The molecule has 0 fully saturated rings. The van der Waals surface area contributed by atoms with Crippen LogP contribution in [0.3, 0.4) is 0 Å². The number of nitrogens with one attached hydrogen (secondary N) is 1. The first-order valence-corrected chi connectivity index (χ1v) is 11.3. The van der Waals surface area contributed by atoms with Gasteiger partial charge in [-0.15, -0.1) is 0 Å². The highest BCUT2D eigenvalue weighted by Crippen LogP contribution is 2.31. The molecule has 2 aromatic carbocycles. The molecule has 0 aliphatic carbocycles. The third-order valence-electron chi connectivity index (χ3n) is 5.79. The van der Waals surface area contributed by atoms with Gasteiger partial charge in [-0.2, -0.15) is 0 Å². The zero-order valence-electron chi connectivity index (χ0n) is 19.1. The number of aromatic nitrogens is 3. The lowest BCUT2D eigenvalue weighted by atomic mass is 9.92. The minimum Gasteiger partial charge on any atom is -0.382 e. The van der Waals surface area contributed by atoms with Gasteiger partial charge in [0.2, 0.25) is 0 Å². The number of carbonyl (C=O) groups excluding carboxylic acids is 1. The lowest BCUT2D eigenvalue weighted by Gasteiger charge is -2.27. The van der Waals surface area contributed by atoms with Crippen LogP contribution >= 0.6 is 0 Å². The number of imidazole rings is 1. The number of aryl methyl sites for hydroxylation is 1. The molecular formula is C26H31N5O. The third-order valence-corrected chi connectivity index (χ3v) is 5.79. The Hall–Kier alpha value is -3.41. The molecule has 3 N–H and O–H groups in total. The van der Waals surface area contributed by atoms with E-state index in [1.54, 1.807) is 0 Å². The number of rotatable bonds is 8. The van der Waals surface area contributed by atoms with E-state index in [0.717, 1.165) is 47.0 Å². The van der Waals surface area contributed by atoms with E-state index in [2.05, 4.69) is 41.7 Å². The van der Waals surface area contributed by atoms with Crippen molar-refractivity contribution in [3.8, 4) is 0 Å². The number of nitrogens with two attached hydrogens (primary N) is 1. The summed E-state index contributed by atoms with van der Waals surface area (Å²) in [7, 11) is 0. The van der Waals surface area contributed by atoms with E-state index in [4.69, 9.17) is 10.7 Å². The molecule has 0 saturated carbocycles. The summed E-state index contributed by atoms with van der Waals surface area (Å²) in [5, 5.41) is 4.15. The fraction of sp³-hybridized carbons (Fsp3) is 0.346. The van der Waals surface area contributed by atoms with Gasteiger partial charge >= 0.3 is 0 Å². The van der Waals surface area contributed by atoms with E-state index in [1.807, 2.05) is 48.5 Å². The van der Waals surface area contributed by atoms with Gasteiger partial charge in [-0.3, -0.25) is 4.79 Å². The van der Waals surface area contributed by atoms with Gasteiger partial charge < -0.3 is 15.6 Å². The number of nitrogens with zero attached hydrogens (tertiary/aromatic N) is 3. The molecule has 0 aliphatic heterocycles. The number of hydrogen-bond donors (Lipinski definition) is 2. The van der Waals surface area contributed by atoms with Crippen molar-refractivity contribution in [2.75, 3.05) is 12.3 Å². The molecule has 0 saturated heterocycles. The second-order valence-electron chi connectivity index (χ2n) is 9.14. The number of hydrogen-bond acceptors (Lipinski definition) is 4. The summed E-state index contributed by atoms with van der Waals surface area (Å²) in [6.45, 7) is 7.78. The van der Waals surface area contributed by atoms with Gasteiger partial charge in [-0.1, -0.05) is 63.6 Å². The van der Waals surface area contributed by atoms with Crippen LogP contribution in [0.5, 0.6) is 0 Å². The average Bonchev–Trinajstić information content (AvgIpc) is 3.15. The highest BCUT2D eigenvalue weighted by atomic mass is 16.1. The van der Waals surface area contributed by atoms with E-state index in [9.17, 15) is 4.79 Å². The van der Waals surface area contributed by atoms with Crippen LogP contribution in [0, 0.1) is 5.41 Å². The zero-order valence-corrected chi connectivity index (χ0v) is 19.1. The fourth-order valence-electron chi connectivity index (χ4n) is 4.10. The van der Waals surface area contributed by atoms with Crippen LogP contribution in [0.4, 0.5) is 5.82 Å². The van der Waals surface area contributed by atoms with Crippen LogP contribution < -0.4 is 11.1 Å². The minimum absolute atomic E-state index is 0.0562. The molecule has 1 amide bonds.